The molecule has 5 aromatic carbocycles. The summed E-state index contributed by atoms with van der Waals surface area (Å²) in [4.78, 5) is 2.38. The topological polar surface area (TPSA) is 3.24 Å². The van der Waals surface area contributed by atoms with Crippen molar-refractivity contribution in [1.29, 1.82) is 0 Å². The first kappa shape index (κ1) is 21.8. The summed E-state index contributed by atoms with van der Waals surface area (Å²) in [6.45, 7) is 4.66. The highest BCUT2D eigenvalue weighted by Crippen LogP contribution is 2.51. The van der Waals surface area contributed by atoms with Crippen LogP contribution in [0, 0.1) is 0 Å². The Morgan fingerprint density at radius 1 is 0.611 bits per heavy atom. The lowest BCUT2D eigenvalue weighted by Crippen LogP contribution is -2.15. The van der Waals surface area contributed by atoms with Crippen molar-refractivity contribution in [1.82, 2.24) is 0 Å². The van der Waals surface area contributed by atoms with Gasteiger partial charge in [0.15, 0.2) is 0 Å². The minimum absolute atomic E-state index is 0.000432. The van der Waals surface area contributed by atoms with E-state index in [1.807, 2.05) is 11.3 Å². The molecule has 36 heavy (non-hydrogen) atoms. The van der Waals surface area contributed by atoms with Crippen LogP contribution in [-0.2, 0) is 5.41 Å². The first-order chi connectivity index (χ1) is 17.5. The number of hydrogen-bond donors (Lipinski definition) is 0. The highest BCUT2D eigenvalue weighted by molar-refractivity contribution is 9.10. The van der Waals surface area contributed by atoms with Crippen LogP contribution in [0.1, 0.15) is 25.0 Å². The van der Waals surface area contributed by atoms with E-state index in [-0.39, 0.29) is 5.41 Å². The zero-order valence-electron chi connectivity index (χ0n) is 20.1. The van der Waals surface area contributed by atoms with Crippen molar-refractivity contribution in [3.8, 4) is 11.1 Å². The van der Waals surface area contributed by atoms with Gasteiger partial charge < -0.3 is 4.90 Å². The fourth-order valence-corrected chi connectivity index (χ4v) is 7.55. The number of benzene rings is 5. The van der Waals surface area contributed by atoms with Gasteiger partial charge in [-0.2, -0.15) is 0 Å². The van der Waals surface area contributed by atoms with Crippen LogP contribution in [-0.4, -0.2) is 0 Å². The fourth-order valence-electron chi connectivity index (χ4n) is 5.77. The minimum Gasteiger partial charge on any atom is -0.310 e. The molecule has 0 unspecified atom stereocenters. The number of fused-ring (bicyclic) bond motifs is 6. The summed E-state index contributed by atoms with van der Waals surface area (Å²) < 4.78 is 3.73. The van der Waals surface area contributed by atoms with Crippen molar-refractivity contribution >= 4 is 64.5 Å². The van der Waals surface area contributed by atoms with Crippen LogP contribution in [0.3, 0.4) is 0 Å². The third kappa shape index (κ3) is 3.20. The molecule has 1 aliphatic carbocycles. The SMILES string of the molecule is CC1(C)c2ccccc2-c2cc(N(c3ccccc3)c3cc(Br)c4sc5ccccc5c4c3)ccc21. The lowest BCUT2D eigenvalue weighted by atomic mass is 9.82. The lowest BCUT2D eigenvalue weighted by molar-refractivity contribution is 0.660. The molecule has 0 saturated carbocycles. The van der Waals surface area contributed by atoms with Gasteiger partial charge in [-0.3, -0.25) is 0 Å². The highest BCUT2D eigenvalue weighted by Gasteiger charge is 2.35. The van der Waals surface area contributed by atoms with Crippen LogP contribution >= 0.6 is 27.3 Å². The van der Waals surface area contributed by atoms with E-state index in [1.165, 1.54) is 48.1 Å². The van der Waals surface area contributed by atoms with E-state index in [0.29, 0.717) is 0 Å². The largest absolute Gasteiger partial charge is 0.310 e. The Hall–Kier alpha value is -3.40. The Bertz CT molecular complexity index is 1780. The van der Waals surface area contributed by atoms with E-state index in [4.69, 9.17) is 0 Å². The van der Waals surface area contributed by atoms with Crippen LogP contribution in [0.15, 0.2) is 114 Å². The molecule has 0 amide bonds. The van der Waals surface area contributed by atoms with Crippen LogP contribution in [0.4, 0.5) is 17.1 Å². The lowest BCUT2D eigenvalue weighted by Gasteiger charge is -2.27. The Kier molecular flexibility index (Phi) is 4.89. The number of para-hydroxylation sites is 1. The zero-order chi connectivity index (χ0) is 24.4. The molecule has 1 aromatic heterocycles. The second kappa shape index (κ2) is 8.06. The summed E-state index contributed by atoms with van der Waals surface area (Å²) >= 11 is 5.75. The van der Waals surface area contributed by atoms with Crippen molar-refractivity contribution in [2.75, 3.05) is 4.90 Å². The van der Waals surface area contributed by atoms with Gasteiger partial charge in [-0.15, -0.1) is 11.3 Å². The number of nitrogens with zero attached hydrogens (tertiary/aromatic N) is 1. The Morgan fingerprint density at radius 2 is 1.33 bits per heavy atom. The average Bonchev–Trinajstić information content (AvgIpc) is 3.39. The van der Waals surface area contributed by atoms with Crippen LogP contribution in [0.2, 0.25) is 0 Å². The smallest absolute Gasteiger partial charge is 0.0499 e. The molecule has 3 heteroatoms. The van der Waals surface area contributed by atoms with Gasteiger partial charge in [0, 0.05) is 47.1 Å². The van der Waals surface area contributed by atoms with Gasteiger partial charge in [0.2, 0.25) is 0 Å². The molecule has 7 rings (SSSR count). The van der Waals surface area contributed by atoms with Crippen LogP contribution < -0.4 is 4.90 Å². The zero-order valence-corrected chi connectivity index (χ0v) is 22.5. The molecule has 0 atom stereocenters. The van der Waals surface area contributed by atoms with Crippen molar-refractivity contribution in [2.24, 2.45) is 0 Å². The molecule has 0 saturated heterocycles. The summed E-state index contributed by atoms with van der Waals surface area (Å²) in [6.07, 6.45) is 0. The number of hydrogen-bond acceptors (Lipinski definition) is 2. The maximum atomic E-state index is 3.91. The minimum atomic E-state index is -0.000432. The first-order valence-electron chi connectivity index (χ1n) is 12.2. The molecule has 0 bridgehead atoms. The summed E-state index contributed by atoms with van der Waals surface area (Å²) in [6, 6.07) is 39.8. The van der Waals surface area contributed by atoms with Gasteiger partial charge in [-0.05, 0) is 80.6 Å². The number of rotatable bonds is 3. The highest BCUT2D eigenvalue weighted by atomic mass is 79.9. The predicted octanol–water partition coefficient (Wildman–Crippen LogP) is 10.6. The van der Waals surface area contributed by atoms with E-state index in [1.54, 1.807) is 0 Å². The average molecular weight is 547 g/mol. The predicted molar refractivity (Wildman–Crippen MR) is 159 cm³/mol. The van der Waals surface area contributed by atoms with Crippen molar-refractivity contribution < 1.29 is 0 Å². The molecule has 0 fully saturated rings. The number of thiophene rings is 1. The van der Waals surface area contributed by atoms with Crippen molar-refractivity contribution in [3.63, 3.8) is 0 Å². The Morgan fingerprint density at radius 3 is 2.19 bits per heavy atom. The normalized spacial score (nSPS) is 13.6. The number of halogens is 1. The van der Waals surface area contributed by atoms with Crippen molar-refractivity contribution in [3.05, 3.63) is 125 Å². The molecule has 0 N–H and O–H groups in total. The molecule has 6 aromatic rings. The second-order valence-corrected chi connectivity index (χ2v) is 11.9. The quantitative estimate of drug-likeness (QED) is 0.213. The summed E-state index contributed by atoms with van der Waals surface area (Å²) in [5.41, 5.74) is 8.92. The molecule has 1 heterocycles. The second-order valence-electron chi connectivity index (χ2n) is 9.97. The summed E-state index contributed by atoms with van der Waals surface area (Å²) in [5.74, 6) is 0. The van der Waals surface area contributed by atoms with E-state index >= 15 is 0 Å². The standard InChI is InChI=1S/C33H24BrNS/c1-33(2)28-14-8-6-12-24(28)26-18-22(16-17-29(26)33)35(21-10-4-3-5-11-21)23-19-27-25-13-7-9-15-31(25)36-32(27)30(34)20-23/h3-20H,1-2H3. The molecule has 0 radical (unpaired) electrons. The summed E-state index contributed by atoms with van der Waals surface area (Å²) in [7, 11) is 0. The molecule has 0 spiro atoms. The van der Waals surface area contributed by atoms with Crippen LogP contribution in [0.5, 0.6) is 0 Å². The van der Waals surface area contributed by atoms with E-state index in [0.717, 1.165) is 15.8 Å². The maximum Gasteiger partial charge on any atom is 0.0499 e. The Balaban J connectivity index is 1.48. The van der Waals surface area contributed by atoms with E-state index < -0.39 is 0 Å². The molecule has 0 aliphatic heterocycles. The van der Waals surface area contributed by atoms with Gasteiger partial charge >= 0.3 is 0 Å². The van der Waals surface area contributed by atoms with Gasteiger partial charge in [-0.1, -0.05) is 80.6 Å². The fraction of sp³-hybridized carbons (Fsp3) is 0.0909. The van der Waals surface area contributed by atoms with Gasteiger partial charge in [0.05, 0.1) is 0 Å². The maximum absolute atomic E-state index is 3.91. The number of anilines is 3. The van der Waals surface area contributed by atoms with E-state index in [9.17, 15) is 0 Å². The van der Waals surface area contributed by atoms with Crippen LogP contribution in [0.25, 0.3) is 31.3 Å². The van der Waals surface area contributed by atoms with Crippen molar-refractivity contribution in [2.45, 2.75) is 19.3 Å². The molecular formula is C33H24BrNS. The monoisotopic (exact) mass is 545 g/mol. The van der Waals surface area contributed by atoms with Gasteiger partial charge in [-0.25, -0.2) is 0 Å². The molecule has 1 aliphatic rings. The first-order valence-corrected chi connectivity index (χ1v) is 13.8. The van der Waals surface area contributed by atoms with Gasteiger partial charge in [0.25, 0.3) is 0 Å². The third-order valence-corrected chi connectivity index (χ3v) is 9.62. The Labute approximate surface area is 223 Å². The third-order valence-electron chi connectivity index (χ3n) is 7.52. The molecule has 1 nitrogen and oxygen atoms in total. The summed E-state index contributed by atoms with van der Waals surface area (Å²) in [5, 5.41) is 2.59. The molecular weight excluding hydrogens is 522 g/mol. The van der Waals surface area contributed by atoms with Gasteiger partial charge in [0.1, 0.15) is 0 Å². The molecule has 174 valence electrons. The van der Waals surface area contributed by atoms with E-state index in [2.05, 4.69) is 144 Å².